The van der Waals surface area contributed by atoms with E-state index in [0.717, 1.165) is 80.1 Å². The number of ether oxygens (including phenoxy) is 1. The summed E-state index contributed by atoms with van der Waals surface area (Å²) in [5.74, 6) is 4.65. The van der Waals surface area contributed by atoms with Gasteiger partial charge in [0.2, 0.25) is 5.88 Å². The molecule has 2 saturated heterocycles. The molecule has 0 spiro atoms. The summed E-state index contributed by atoms with van der Waals surface area (Å²) >= 11 is 0. The SMILES string of the molecule is C#Cc1cccc2cc(O)cc(-n3nnc4c(N5CC6CCC(C5)N6)nc(OC[C@@]56CCCC5CCC[C@H](F)C6)cc43)c12. The number of hydrogen-bond acceptors (Lipinski definition) is 7. The largest absolute Gasteiger partial charge is 0.508 e. The summed E-state index contributed by atoms with van der Waals surface area (Å²) < 4.78 is 23.3. The Morgan fingerprint density at radius 3 is 2.77 bits per heavy atom. The van der Waals surface area contributed by atoms with Crippen LogP contribution in [0.3, 0.4) is 0 Å². The fraction of sp³-hybridized carbons (Fsp3) is 0.500. The summed E-state index contributed by atoms with van der Waals surface area (Å²) in [6.45, 7) is 2.13. The molecular weight excluding hydrogens is 543 g/mol. The first-order chi connectivity index (χ1) is 21.0. The smallest absolute Gasteiger partial charge is 0.217 e. The minimum Gasteiger partial charge on any atom is -0.508 e. The summed E-state index contributed by atoms with van der Waals surface area (Å²) in [6.07, 6.45) is 13.9. The molecule has 2 aromatic heterocycles. The highest BCUT2D eigenvalue weighted by Gasteiger charge is 2.46. The molecule has 5 atom stereocenters. The van der Waals surface area contributed by atoms with Gasteiger partial charge in [-0.05, 0) is 68.4 Å². The lowest BCUT2D eigenvalue weighted by Crippen LogP contribution is -2.51. The number of aromatic hydroxyl groups is 1. The monoisotopic (exact) mass is 580 g/mol. The van der Waals surface area contributed by atoms with Gasteiger partial charge in [0.25, 0.3) is 0 Å². The van der Waals surface area contributed by atoms with E-state index < -0.39 is 6.17 Å². The Balaban J connectivity index is 1.25. The van der Waals surface area contributed by atoms with Crippen LogP contribution in [0.15, 0.2) is 36.4 Å². The van der Waals surface area contributed by atoms with Crippen LogP contribution >= 0.6 is 0 Å². The Morgan fingerprint density at radius 1 is 1.09 bits per heavy atom. The first-order valence-corrected chi connectivity index (χ1v) is 15.8. The highest BCUT2D eigenvalue weighted by Crippen LogP contribution is 2.52. The number of phenolic OH excluding ortho intramolecular Hbond substituents is 1. The number of pyridine rings is 1. The number of anilines is 1. The van der Waals surface area contributed by atoms with Crippen LogP contribution in [-0.2, 0) is 0 Å². The van der Waals surface area contributed by atoms with Gasteiger partial charge in [-0.1, -0.05) is 36.1 Å². The van der Waals surface area contributed by atoms with Crippen LogP contribution in [0.25, 0.3) is 27.5 Å². The number of piperazine rings is 1. The number of nitrogens with zero attached hydrogens (tertiary/aromatic N) is 5. The number of phenols is 1. The molecule has 0 radical (unpaired) electrons. The fourth-order valence-corrected chi connectivity index (χ4v) is 8.53. The summed E-state index contributed by atoms with van der Waals surface area (Å²) in [5, 5.41) is 25.3. The molecular formula is C34H37FN6O2. The van der Waals surface area contributed by atoms with Crippen LogP contribution in [0.4, 0.5) is 10.2 Å². The number of alkyl halides is 1. The average molecular weight is 581 g/mol. The number of nitrogens with one attached hydrogen (secondary N) is 1. The third-order valence-corrected chi connectivity index (χ3v) is 10.5. The molecule has 43 heavy (non-hydrogen) atoms. The Labute approximate surface area is 250 Å². The molecule has 2 saturated carbocycles. The molecule has 2 aromatic carbocycles. The van der Waals surface area contributed by atoms with Gasteiger partial charge in [-0.3, -0.25) is 0 Å². The predicted molar refractivity (Wildman–Crippen MR) is 165 cm³/mol. The van der Waals surface area contributed by atoms with Crippen molar-refractivity contribution in [1.82, 2.24) is 25.3 Å². The highest BCUT2D eigenvalue weighted by atomic mass is 19.1. The molecule has 2 aliphatic heterocycles. The molecule has 4 fully saturated rings. The van der Waals surface area contributed by atoms with Crippen molar-refractivity contribution in [2.45, 2.75) is 76.0 Å². The zero-order valence-electron chi connectivity index (χ0n) is 24.3. The zero-order chi connectivity index (χ0) is 29.1. The van der Waals surface area contributed by atoms with E-state index in [0.29, 0.717) is 60.1 Å². The van der Waals surface area contributed by atoms with Gasteiger partial charge >= 0.3 is 0 Å². The van der Waals surface area contributed by atoms with Crippen molar-refractivity contribution in [3.05, 3.63) is 42.0 Å². The van der Waals surface area contributed by atoms with Crippen LogP contribution in [-0.4, -0.2) is 63.0 Å². The lowest BCUT2D eigenvalue weighted by Gasteiger charge is -2.35. The van der Waals surface area contributed by atoms with Gasteiger partial charge in [0.1, 0.15) is 17.4 Å². The molecule has 222 valence electrons. The lowest BCUT2D eigenvalue weighted by atomic mass is 9.74. The van der Waals surface area contributed by atoms with Crippen LogP contribution < -0.4 is 15.0 Å². The van der Waals surface area contributed by atoms with E-state index in [1.807, 2.05) is 24.3 Å². The molecule has 9 heteroatoms. The van der Waals surface area contributed by atoms with Crippen molar-refractivity contribution in [1.29, 1.82) is 0 Å². The molecule has 3 unspecified atom stereocenters. The topological polar surface area (TPSA) is 88.3 Å². The fourth-order valence-electron chi connectivity index (χ4n) is 8.53. The van der Waals surface area contributed by atoms with Gasteiger partial charge in [0.05, 0.1) is 12.3 Å². The van der Waals surface area contributed by atoms with Gasteiger partial charge in [0.15, 0.2) is 11.3 Å². The average Bonchev–Trinajstić information content (AvgIpc) is 3.68. The molecule has 4 aliphatic rings. The Hall–Kier alpha value is -3.90. The third kappa shape index (κ3) is 4.58. The van der Waals surface area contributed by atoms with E-state index in [9.17, 15) is 9.50 Å². The normalized spacial score (nSPS) is 28.6. The van der Waals surface area contributed by atoms with Crippen molar-refractivity contribution >= 4 is 27.6 Å². The second-order valence-electron chi connectivity index (χ2n) is 13.2. The van der Waals surface area contributed by atoms with E-state index in [-0.39, 0.29) is 11.2 Å². The summed E-state index contributed by atoms with van der Waals surface area (Å²) in [6, 6.07) is 11.8. The number of aromatic nitrogens is 4. The van der Waals surface area contributed by atoms with E-state index in [2.05, 4.69) is 26.4 Å². The van der Waals surface area contributed by atoms with Crippen molar-refractivity contribution in [2.24, 2.45) is 11.3 Å². The standard InChI is InChI=1S/C34H37FN6O2/c1-2-21-6-3-7-22-14-27(42)15-28(31(21)22)41-29-16-30(43-20-34-13-5-9-23(34)8-4-10-24(35)17-34)37-33(32(29)38-39-41)40-18-25-11-12-26(19-40)36-25/h1,3,6-7,14-16,23-26,36,42H,4-5,8-13,17-20H2/t23?,24-,25?,26?,34-/m0/s1. The lowest BCUT2D eigenvalue weighted by molar-refractivity contribution is 0.0674. The van der Waals surface area contributed by atoms with Crippen molar-refractivity contribution in [3.63, 3.8) is 0 Å². The second kappa shape index (κ2) is 10.4. The van der Waals surface area contributed by atoms with E-state index in [1.165, 1.54) is 0 Å². The van der Waals surface area contributed by atoms with Gasteiger partial charge in [0, 0.05) is 53.7 Å². The van der Waals surface area contributed by atoms with Crippen LogP contribution in [0.2, 0.25) is 0 Å². The number of rotatable bonds is 5. The number of hydrogen-bond donors (Lipinski definition) is 2. The third-order valence-electron chi connectivity index (χ3n) is 10.5. The van der Waals surface area contributed by atoms with Crippen LogP contribution in [0.5, 0.6) is 11.6 Å². The highest BCUT2D eigenvalue weighted by molar-refractivity contribution is 5.98. The summed E-state index contributed by atoms with van der Waals surface area (Å²) in [5.41, 5.74) is 2.62. The number of terminal acetylenes is 1. The predicted octanol–water partition coefficient (Wildman–Crippen LogP) is 5.67. The molecule has 8 nitrogen and oxygen atoms in total. The number of fused-ring (bicyclic) bond motifs is 5. The summed E-state index contributed by atoms with van der Waals surface area (Å²) in [7, 11) is 0. The quantitative estimate of drug-likeness (QED) is 0.294. The molecule has 2 N–H and O–H groups in total. The minimum absolute atomic E-state index is 0.116. The first-order valence-electron chi connectivity index (χ1n) is 15.8. The van der Waals surface area contributed by atoms with Crippen LogP contribution in [0, 0.1) is 23.7 Å². The van der Waals surface area contributed by atoms with Crippen LogP contribution in [0.1, 0.15) is 63.4 Å². The maximum absolute atomic E-state index is 14.9. The molecule has 0 amide bonds. The maximum atomic E-state index is 14.9. The van der Waals surface area contributed by atoms with Gasteiger partial charge in [-0.15, -0.1) is 11.5 Å². The molecule has 4 heterocycles. The Morgan fingerprint density at radius 2 is 1.93 bits per heavy atom. The molecule has 4 aromatic rings. The van der Waals surface area contributed by atoms with Gasteiger partial charge in [-0.25, -0.2) is 9.07 Å². The van der Waals surface area contributed by atoms with E-state index in [1.54, 1.807) is 16.8 Å². The number of benzene rings is 2. The molecule has 2 bridgehead atoms. The van der Waals surface area contributed by atoms with Crippen molar-refractivity contribution in [2.75, 3.05) is 24.6 Å². The number of halogens is 1. The first kappa shape index (κ1) is 26.7. The second-order valence-corrected chi connectivity index (χ2v) is 13.2. The Kier molecular flexibility index (Phi) is 6.44. The van der Waals surface area contributed by atoms with E-state index in [4.69, 9.17) is 16.1 Å². The minimum atomic E-state index is -0.774. The summed E-state index contributed by atoms with van der Waals surface area (Å²) in [4.78, 5) is 7.37. The van der Waals surface area contributed by atoms with Gasteiger partial charge in [-0.2, -0.15) is 4.98 Å². The van der Waals surface area contributed by atoms with Gasteiger partial charge < -0.3 is 20.1 Å². The van der Waals surface area contributed by atoms with E-state index >= 15 is 0 Å². The van der Waals surface area contributed by atoms with Crippen molar-refractivity contribution < 1.29 is 14.2 Å². The maximum Gasteiger partial charge on any atom is 0.217 e. The molecule has 2 aliphatic carbocycles. The molecule has 8 rings (SSSR count). The Bertz CT molecular complexity index is 1740. The van der Waals surface area contributed by atoms with Crippen molar-refractivity contribution in [3.8, 4) is 29.7 Å². The zero-order valence-corrected chi connectivity index (χ0v) is 24.3.